The summed E-state index contributed by atoms with van der Waals surface area (Å²) in [6.45, 7) is 0.112. The number of esters is 1. The second-order valence-electron chi connectivity index (χ2n) is 4.97. The van der Waals surface area contributed by atoms with Crippen molar-refractivity contribution in [3.05, 3.63) is 57.2 Å². The highest BCUT2D eigenvalue weighted by molar-refractivity contribution is 7.89. The largest absolute Gasteiger partial charge is 0.465 e. The number of hydrogen-bond acceptors (Lipinski definition) is 7. The van der Waals surface area contributed by atoms with E-state index >= 15 is 0 Å². The van der Waals surface area contributed by atoms with Crippen LogP contribution in [-0.4, -0.2) is 37.8 Å². The fraction of sp³-hybridized carbons (Fsp3) is 0.200. The number of nitrogens with zero attached hydrogens (tertiary/aromatic N) is 2. The molecule has 7 nitrogen and oxygen atoms in total. The van der Waals surface area contributed by atoms with E-state index in [1.54, 1.807) is 28.5 Å². The van der Waals surface area contributed by atoms with Crippen LogP contribution in [0.15, 0.2) is 52.3 Å². The van der Waals surface area contributed by atoms with Crippen LogP contribution in [0, 0.1) is 0 Å². The highest BCUT2D eigenvalue weighted by Crippen LogP contribution is 2.25. The third kappa shape index (κ3) is 3.82. The molecule has 0 saturated heterocycles. The fourth-order valence-corrected chi connectivity index (χ4v) is 5.48. The molecule has 1 N–H and O–H groups in total. The summed E-state index contributed by atoms with van der Waals surface area (Å²) >= 11 is 2.55. The maximum atomic E-state index is 12.6. The van der Waals surface area contributed by atoms with Gasteiger partial charge < -0.3 is 4.74 Å². The number of nitrogens with one attached hydrogen (secondary N) is 1. The van der Waals surface area contributed by atoms with Gasteiger partial charge in [-0.3, -0.25) is 4.68 Å². The lowest BCUT2D eigenvalue weighted by Gasteiger charge is -2.17. The average molecular weight is 398 g/mol. The maximum Gasteiger partial charge on any atom is 0.349 e. The van der Waals surface area contributed by atoms with Crippen molar-refractivity contribution in [3.63, 3.8) is 0 Å². The Morgan fingerprint density at radius 2 is 2.16 bits per heavy atom. The minimum Gasteiger partial charge on any atom is -0.465 e. The highest BCUT2D eigenvalue weighted by atomic mass is 32.2. The van der Waals surface area contributed by atoms with Crippen LogP contribution < -0.4 is 4.72 Å². The van der Waals surface area contributed by atoms with Crippen LogP contribution >= 0.6 is 22.7 Å². The molecule has 0 amide bonds. The van der Waals surface area contributed by atoms with Crippen LogP contribution in [0.3, 0.4) is 0 Å². The fourth-order valence-electron chi connectivity index (χ4n) is 2.29. The number of carbonyl (C=O) groups is 1. The molecule has 3 aromatic heterocycles. The minimum atomic E-state index is -3.86. The number of sulfonamides is 1. The van der Waals surface area contributed by atoms with Crippen LogP contribution in [-0.2, 0) is 14.8 Å². The Bertz CT molecular complexity index is 897. The SMILES string of the molecule is COC(=O)c1sccc1S(=O)(=O)NC[C@H](c1cccs1)n1cccn1. The van der Waals surface area contributed by atoms with E-state index in [4.69, 9.17) is 0 Å². The topological polar surface area (TPSA) is 90.3 Å². The van der Waals surface area contributed by atoms with E-state index in [0.29, 0.717) is 0 Å². The van der Waals surface area contributed by atoms with Crippen LogP contribution in [0.4, 0.5) is 0 Å². The van der Waals surface area contributed by atoms with Gasteiger partial charge in [0.15, 0.2) is 0 Å². The van der Waals surface area contributed by atoms with Gasteiger partial charge in [-0.05, 0) is 29.0 Å². The van der Waals surface area contributed by atoms with Crippen molar-refractivity contribution in [2.75, 3.05) is 13.7 Å². The normalized spacial score (nSPS) is 12.8. The Labute approximate surface area is 152 Å². The summed E-state index contributed by atoms with van der Waals surface area (Å²) in [4.78, 5) is 12.7. The summed E-state index contributed by atoms with van der Waals surface area (Å²) in [5.74, 6) is -0.669. The summed E-state index contributed by atoms with van der Waals surface area (Å²) in [5.41, 5.74) is 0. The Morgan fingerprint density at radius 1 is 1.32 bits per heavy atom. The van der Waals surface area contributed by atoms with Gasteiger partial charge in [0.25, 0.3) is 0 Å². The van der Waals surface area contributed by atoms with E-state index in [0.717, 1.165) is 16.2 Å². The van der Waals surface area contributed by atoms with Gasteiger partial charge in [-0.15, -0.1) is 22.7 Å². The van der Waals surface area contributed by atoms with Gasteiger partial charge in [-0.25, -0.2) is 17.9 Å². The zero-order valence-electron chi connectivity index (χ0n) is 13.2. The summed E-state index contributed by atoms with van der Waals surface area (Å²) in [7, 11) is -2.64. The van der Waals surface area contributed by atoms with Crippen molar-refractivity contribution in [2.45, 2.75) is 10.9 Å². The van der Waals surface area contributed by atoms with Gasteiger partial charge in [0.2, 0.25) is 10.0 Å². The van der Waals surface area contributed by atoms with Crippen LogP contribution in [0.2, 0.25) is 0 Å². The molecule has 0 radical (unpaired) electrons. The van der Waals surface area contributed by atoms with Gasteiger partial charge >= 0.3 is 5.97 Å². The van der Waals surface area contributed by atoms with Crippen molar-refractivity contribution in [1.29, 1.82) is 0 Å². The molecule has 25 heavy (non-hydrogen) atoms. The zero-order valence-corrected chi connectivity index (χ0v) is 15.6. The number of hydrogen-bond donors (Lipinski definition) is 1. The van der Waals surface area contributed by atoms with Crippen LogP contribution in [0.1, 0.15) is 20.6 Å². The molecule has 0 unspecified atom stereocenters. The van der Waals surface area contributed by atoms with E-state index in [-0.39, 0.29) is 22.4 Å². The van der Waals surface area contributed by atoms with Crippen molar-refractivity contribution >= 4 is 38.7 Å². The molecule has 0 aromatic carbocycles. The highest BCUT2D eigenvalue weighted by Gasteiger charge is 2.26. The van der Waals surface area contributed by atoms with Crippen molar-refractivity contribution in [2.24, 2.45) is 0 Å². The molecule has 0 aliphatic heterocycles. The van der Waals surface area contributed by atoms with E-state index in [2.05, 4.69) is 14.6 Å². The predicted molar refractivity (Wildman–Crippen MR) is 95.5 cm³/mol. The Balaban J connectivity index is 1.83. The van der Waals surface area contributed by atoms with Gasteiger partial charge in [-0.1, -0.05) is 6.07 Å². The Kier molecular flexibility index (Phi) is 5.33. The molecule has 0 aliphatic rings. The molecule has 132 valence electrons. The van der Waals surface area contributed by atoms with E-state index < -0.39 is 16.0 Å². The number of methoxy groups -OCH3 is 1. The van der Waals surface area contributed by atoms with Gasteiger partial charge in [0, 0.05) is 23.8 Å². The summed E-state index contributed by atoms with van der Waals surface area (Å²) in [6, 6.07) is 6.73. The second-order valence-corrected chi connectivity index (χ2v) is 8.61. The van der Waals surface area contributed by atoms with E-state index in [1.807, 2.05) is 17.5 Å². The minimum absolute atomic E-state index is 0.0572. The molecule has 0 fully saturated rings. The van der Waals surface area contributed by atoms with E-state index in [9.17, 15) is 13.2 Å². The molecule has 3 aromatic rings. The average Bonchev–Trinajstić information content (AvgIpc) is 3.34. The molecular weight excluding hydrogens is 382 g/mol. The maximum absolute atomic E-state index is 12.6. The van der Waals surface area contributed by atoms with Crippen LogP contribution in [0.25, 0.3) is 0 Å². The molecule has 3 heterocycles. The van der Waals surface area contributed by atoms with Crippen molar-refractivity contribution in [1.82, 2.24) is 14.5 Å². The lowest BCUT2D eigenvalue weighted by atomic mass is 10.2. The number of ether oxygens (including phenoxy) is 1. The molecule has 1 atom stereocenters. The predicted octanol–water partition coefficient (Wildman–Crippen LogP) is 2.36. The Hall–Kier alpha value is -2.01. The number of rotatable bonds is 7. The lowest BCUT2D eigenvalue weighted by Crippen LogP contribution is -2.31. The number of aromatic nitrogens is 2. The number of carbonyl (C=O) groups excluding carboxylic acids is 1. The first-order chi connectivity index (χ1) is 12.0. The smallest absolute Gasteiger partial charge is 0.349 e. The first-order valence-electron chi connectivity index (χ1n) is 7.21. The van der Waals surface area contributed by atoms with Gasteiger partial charge in [0.05, 0.1) is 13.2 Å². The standard InChI is InChI=1S/C15H15N3O4S3/c1-22-15(19)14-13(5-9-24-14)25(20,21)17-10-11(12-4-2-8-23-12)18-7-3-6-16-18/h2-9,11,17H,10H2,1H3/t11-/m1/s1. The van der Waals surface area contributed by atoms with Crippen molar-refractivity contribution < 1.29 is 17.9 Å². The van der Waals surface area contributed by atoms with Gasteiger partial charge in [-0.2, -0.15) is 5.10 Å². The number of thiophene rings is 2. The van der Waals surface area contributed by atoms with Crippen molar-refractivity contribution in [3.8, 4) is 0 Å². The van der Waals surface area contributed by atoms with Crippen LogP contribution in [0.5, 0.6) is 0 Å². The lowest BCUT2D eigenvalue weighted by molar-refractivity contribution is 0.0602. The molecule has 0 aliphatic carbocycles. The molecule has 10 heteroatoms. The van der Waals surface area contributed by atoms with Gasteiger partial charge in [0.1, 0.15) is 9.77 Å². The van der Waals surface area contributed by atoms with E-state index in [1.165, 1.54) is 24.5 Å². The third-order valence-electron chi connectivity index (χ3n) is 3.47. The molecule has 0 saturated carbocycles. The summed E-state index contributed by atoms with van der Waals surface area (Å²) < 4.78 is 34.2. The summed E-state index contributed by atoms with van der Waals surface area (Å²) in [5, 5.41) is 7.68. The second kappa shape index (κ2) is 7.48. The molecule has 3 rings (SSSR count). The molecular formula is C15H15N3O4S3. The quantitative estimate of drug-likeness (QED) is 0.618. The third-order valence-corrected chi connectivity index (χ3v) is 6.94. The zero-order chi connectivity index (χ0) is 17.9. The Morgan fingerprint density at radius 3 is 2.80 bits per heavy atom. The first kappa shape index (κ1) is 17.8. The molecule has 0 bridgehead atoms. The summed E-state index contributed by atoms with van der Waals surface area (Å²) in [6.07, 6.45) is 3.42. The molecule has 0 spiro atoms. The first-order valence-corrected chi connectivity index (χ1v) is 10.4. The monoisotopic (exact) mass is 397 g/mol.